The fraction of sp³-hybridized carbons (Fsp3) is 0.500. The van der Waals surface area contributed by atoms with Crippen molar-refractivity contribution in [2.75, 3.05) is 6.61 Å². The molecule has 0 saturated heterocycles. The lowest BCUT2D eigenvalue weighted by atomic mass is 10.2. The summed E-state index contributed by atoms with van der Waals surface area (Å²) in [6, 6.07) is 4.50. The van der Waals surface area contributed by atoms with Gasteiger partial charge in [-0.15, -0.1) is 0 Å². The van der Waals surface area contributed by atoms with E-state index in [1.807, 2.05) is 6.92 Å². The summed E-state index contributed by atoms with van der Waals surface area (Å²) in [6.07, 6.45) is 1.17. The molecule has 1 rings (SSSR count). The lowest BCUT2D eigenvalue weighted by Gasteiger charge is -2.09. The van der Waals surface area contributed by atoms with Crippen LogP contribution < -0.4 is 4.74 Å². The average molecular weight is 212 g/mol. The van der Waals surface area contributed by atoms with Crippen LogP contribution in [-0.4, -0.2) is 17.8 Å². The third kappa shape index (κ3) is 4.30. The third-order valence-electron chi connectivity index (χ3n) is 2.17. The highest BCUT2D eigenvalue weighted by Gasteiger charge is 2.02. The van der Waals surface area contributed by atoms with Crippen LogP contribution in [0.4, 0.5) is 4.39 Å². The van der Waals surface area contributed by atoms with E-state index < -0.39 is 0 Å². The predicted octanol–water partition coefficient (Wildman–Crippen LogP) is 2.67. The van der Waals surface area contributed by atoms with Crippen molar-refractivity contribution in [1.82, 2.24) is 0 Å². The summed E-state index contributed by atoms with van der Waals surface area (Å²) in [5.74, 6) is 0.298. The van der Waals surface area contributed by atoms with E-state index in [0.717, 1.165) is 12.0 Å². The van der Waals surface area contributed by atoms with Gasteiger partial charge < -0.3 is 9.84 Å². The van der Waals surface area contributed by atoms with Gasteiger partial charge in [0.05, 0.1) is 12.7 Å². The Morgan fingerprint density at radius 2 is 2.20 bits per heavy atom. The maximum atomic E-state index is 12.9. The molecule has 0 amide bonds. The topological polar surface area (TPSA) is 29.5 Å². The van der Waals surface area contributed by atoms with Crippen molar-refractivity contribution in [2.45, 2.75) is 32.8 Å². The van der Waals surface area contributed by atoms with Crippen LogP contribution in [0.2, 0.25) is 0 Å². The number of aliphatic hydroxyl groups is 1. The summed E-state index contributed by atoms with van der Waals surface area (Å²) in [5, 5.41) is 9.03. The van der Waals surface area contributed by atoms with Gasteiger partial charge in [-0.25, -0.2) is 4.39 Å². The second-order valence-corrected chi connectivity index (χ2v) is 3.75. The van der Waals surface area contributed by atoms with Gasteiger partial charge in [-0.2, -0.15) is 0 Å². The summed E-state index contributed by atoms with van der Waals surface area (Å²) in [5.41, 5.74) is 0.924. The third-order valence-corrected chi connectivity index (χ3v) is 2.17. The first-order chi connectivity index (χ1) is 7.09. The van der Waals surface area contributed by atoms with Crippen LogP contribution in [0.25, 0.3) is 0 Å². The smallest absolute Gasteiger partial charge is 0.126 e. The molecular weight excluding hydrogens is 195 g/mol. The molecule has 0 aliphatic heterocycles. The maximum absolute atomic E-state index is 12.9. The minimum absolute atomic E-state index is 0.286. The summed E-state index contributed by atoms with van der Waals surface area (Å²) < 4.78 is 18.3. The van der Waals surface area contributed by atoms with Crippen LogP contribution in [0.15, 0.2) is 18.2 Å². The number of benzene rings is 1. The summed E-state index contributed by atoms with van der Waals surface area (Å²) in [7, 11) is 0. The van der Waals surface area contributed by atoms with E-state index in [1.165, 1.54) is 12.1 Å². The van der Waals surface area contributed by atoms with Gasteiger partial charge in [0.15, 0.2) is 0 Å². The molecule has 0 aromatic heterocycles. The highest BCUT2D eigenvalue weighted by atomic mass is 19.1. The van der Waals surface area contributed by atoms with Crippen molar-refractivity contribution in [3.05, 3.63) is 29.6 Å². The molecular formula is C12H17FO2. The molecule has 1 aromatic rings. The second-order valence-electron chi connectivity index (χ2n) is 3.75. The zero-order chi connectivity index (χ0) is 11.3. The van der Waals surface area contributed by atoms with E-state index in [4.69, 9.17) is 9.84 Å². The van der Waals surface area contributed by atoms with Crippen LogP contribution in [0.5, 0.6) is 5.75 Å². The van der Waals surface area contributed by atoms with Gasteiger partial charge in [-0.1, -0.05) is 6.07 Å². The minimum Gasteiger partial charge on any atom is -0.493 e. The zero-order valence-corrected chi connectivity index (χ0v) is 9.16. The fourth-order valence-corrected chi connectivity index (χ4v) is 1.29. The summed E-state index contributed by atoms with van der Waals surface area (Å²) in [6.45, 7) is 4.13. The first-order valence-corrected chi connectivity index (χ1v) is 5.16. The van der Waals surface area contributed by atoms with E-state index in [1.54, 1.807) is 13.0 Å². The standard InChI is InChI=1S/C12H17FO2/c1-9-5-6-11(13)8-12(9)15-7-3-4-10(2)14/h5-6,8,10,14H,3-4,7H2,1-2H3. The minimum atomic E-state index is -0.304. The van der Waals surface area contributed by atoms with E-state index >= 15 is 0 Å². The molecule has 0 aliphatic rings. The van der Waals surface area contributed by atoms with E-state index in [9.17, 15) is 4.39 Å². The molecule has 1 unspecified atom stereocenters. The number of rotatable bonds is 5. The van der Waals surface area contributed by atoms with Gasteiger partial charge >= 0.3 is 0 Å². The Labute approximate surface area is 89.7 Å². The Morgan fingerprint density at radius 3 is 2.87 bits per heavy atom. The number of hydrogen-bond donors (Lipinski definition) is 1. The van der Waals surface area contributed by atoms with E-state index in [0.29, 0.717) is 18.8 Å². The maximum Gasteiger partial charge on any atom is 0.126 e. The van der Waals surface area contributed by atoms with Gasteiger partial charge in [0.2, 0.25) is 0 Å². The quantitative estimate of drug-likeness (QED) is 0.760. The van der Waals surface area contributed by atoms with Gasteiger partial charge in [0.25, 0.3) is 0 Å². The molecule has 0 fully saturated rings. The van der Waals surface area contributed by atoms with Gasteiger partial charge in [0.1, 0.15) is 11.6 Å². The SMILES string of the molecule is Cc1ccc(F)cc1OCCCC(C)O. The van der Waals surface area contributed by atoms with Crippen molar-refractivity contribution in [1.29, 1.82) is 0 Å². The predicted molar refractivity (Wildman–Crippen MR) is 57.5 cm³/mol. The van der Waals surface area contributed by atoms with Gasteiger partial charge in [-0.05, 0) is 38.3 Å². The molecule has 0 radical (unpaired) electrons. The number of aliphatic hydroxyl groups excluding tert-OH is 1. The normalized spacial score (nSPS) is 12.5. The molecule has 1 aromatic carbocycles. The molecule has 84 valence electrons. The summed E-state index contributed by atoms with van der Waals surface area (Å²) in [4.78, 5) is 0. The Morgan fingerprint density at radius 1 is 1.47 bits per heavy atom. The van der Waals surface area contributed by atoms with Crippen molar-refractivity contribution >= 4 is 0 Å². The van der Waals surface area contributed by atoms with Crippen LogP contribution >= 0.6 is 0 Å². The van der Waals surface area contributed by atoms with Crippen LogP contribution in [0, 0.1) is 12.7 Å². The monoisotopic (exact) mass is 212 g/mol. The number of hydrogen-bond acceptors (Lipinski definition) is 2. The molecule has 3 heteroatoms. The first-order valence-electron chi connectivity index (χ1n) is 5.16. The van der Waals surface area contributed by atoms with Crippen molar-refractivity contribution < 1.29 is 14.2 Å². The highest BCUT2D eigenvalue weighted by Crippen LogP contribution is 2.18. The Hall–Kier alpha value is -1.09. The van der Waals surface area contributed by atoms with Crippen molar-refractivity contribution in [3.63, 3.8) is 0 Å². The largest absolute Gasteiger partial charge is 0.493 e. The van der Waals surface area contributed by atoms with Crippen molar-refractivity contribution in [2.24, 2.45) is 0 Å². The first kappa shape index (κ1) is 12.0. The van der Waals surface area contributed by atoms with Gasteiger partial charge in [-0.3, -0.25) is 0 Å². The lowest BCUT2D eigenvalue weighted by molar-refractivity contribution is 0.170. The molecule has 0 spiro atoms. The second kappa shape index (κ2) is 5.71. The molecule has 0 bridgehead atoms. The lowest BCUT2D eigenvalue weighted by Crippen LogP contribution is -2.05. The van der Waals surface area contributed by atoms with E-state index in [-0.39, 0.29) is 11.9 Å². The molecule has 15 heavy (non-hydrogen) atoms. The zero-order valence-electron chi connectivity index (χ0n) is 9.16. The number of ether oxygens (including phenoxy) is 1. The number of halogens is 1. The molecule has 0 aliphatic carbocycles. The van der Waals surface area contributed by atoms with Crippen LogP contribution in [0.3, 0.4) is 0 Å². The Balaban J connectivity index is 2.40. The van der Waals surface area contributed by atoms with E-state index in [2.05, 4.69) is 0 Å². The van der Waals surface area contributed by atoms with Gasteiger partial charge in [0, 0.05) is 6.07 Å². The fourth-order valence-electron chi connectivity index (χ4n) is 1.29. The molecule has 0 saturated carbocycles. The molecule has 2 nitrogen and oxygen atoms in total. The van der Waals surface area contributed by atoms with Crippen molar-refractivity contribution in [3.8, 4) is 5.75 Å². The highest BCUT2D eigenvalue weighted by molar-refractivity contribution is 5.32. The molecule has 0 heterocycles. The Bertz CT molecular complexity index is 310. The Kier molecular flexibility index (Phi) is 4.56. The number of aryl methyl sites for hydroxylation is 1. The van der Waals surface area contributed by atoms with Crippen LogP contribution in [0.1, 0.15) is 25.3 Å². The molecule has 1 N–H and O–H groups in total. The summed E-state index contributed by atoms with van der Waals surface area (Å²) >= 11 is 0. The molecule has 1 atom stereocenters. The average Bonchev–Trinajstić information content (AvgIpc) is 2.17. The van der Waals surface area contributed by atoms with Crippen LogP contribution in [-0.2, 0) is 0 Å².